The summed E-state index contributed by atoms with van der Waals surface area (Å²) in [6, 6.07) is 8.43. The Kier molecular flexibility index (Phi) is 4.29. The zero-order valence-corrected chi connectivity index (χ0v) is 10.8. The van der Waals surface area contributed by atoms with E-state index in [1.807, 2.05) is 0 Å². The summed E-state index contributed by atoms with van der Waals surface area (Å²) in [5, 5.41) is 12.0. The monoisotopic (exact) mass is 247 g/mol. The third kappa shape index (κ3) is 3.38. The first-order chi connectivity index (χ1) is 8.29. The lowest BCUT2D eigenvalue weighted by atomic mass is 10.1. The molecule has 0 atom stereocenters. The van der Waals surface area contributed by atoms with Crippen molar-refractivity contribution in [3.63, 3.8) is 0 Å². The summed E-state index contributed by atoms with van der Waals surface area (Å²) >= 11 is 1.71. The molecule has 1 aromatic heterocycles. The highest BCUT2D eigenvalue weighted by Crippen LogP contribution is 2.17. The summed E-state index contributed by atoms with van der Waals surface area (Å²) in [5.41, 5.74) is 3.77. The number of rotatable bonds is 5. The Bertz CT molecular complexity index is 479. The van der Waals surface area contributed by atoms with Crippen molar-refractivity contribution >= 4 is 11.3 Å². The van der Waals surface area contributed by atoms with Gasteiger partial charge in [-0.25, -0.2) is 4.98 Å². The number of hydrogen-bond donors (Lipinski definition) is 1. The van der Waals surface area contributed by atoms with Gasteiger partial charge >= 0.3 is 0 Å². The Balaban J connectivity index is 2.04. The highest BCUT2D eigenvalue weighted by molar-refractivity contribution is 7.09. The Hall–Kier alpha value is -1.19. The molecule has 0 aliphatic carbocycles. The van der Waals surface area contributed by atoms with Gasteiger partial charge in [0.05, 0.1) is 10.7 Å². The molecule has 2 nitrogen and oxygen atoms in total. The molecular formula is C14H17NOS. The number of aromatic nitrogens is 1. The van der Waals surface area contributed by atoms with E-state index in [9.17, 15) is 0 Å². The minimum Gasteiger partial charge on any atom is -0.396 e. The Morgan fingerprint density at radius 2 is 2.12 bits per heavy atom. The van der Waals surface area contributed by atoms with Gasteiger partial charge in [-0.2, -0.15) is 0 Å². The Labute approximate surface area is 106 Å². The lowest BCUT2D eigenvalue weighted by Crippen LogP contribution is -1.93. The Morgan fingerprint density at radius 1 is 1.29 bits per heavy atom. The van der Waals surface area contributed by atoms with Gasteiger partial charge < -0.3 is 5.11 Å². The van der Waals surface area contributed by atoms with Crippen LogP contribution in [-0.2, 0) is 12.8 Å². The molecule has 2 rings (SSSR count). The van der Waals surface area contributed by atoms with Crippen molar-refractivity contribution in [2.75, 3.05) is 6.61 Å². The van der Waals surface area contributed by atoms with Crippen LogP contribution in [-0.4, -0.2) is 16.7 Å². The van der Waals surface area contributed by atoms with Gasteiger partial charge in [-0.1, -0.05) is 24.3 Å². The van der Waals surface area contributed by atoms with E-state index in [-0.39, 0.29) is 6.61 Å². The van der Waals surface area contributed by atoms with Crippen molar-refractivity contribution in [1.29, 1.82) is 0 Å². The molecule has 1 heterocycles. The van der Waals surface area contributed by atoms with Crippen LogP contribution in [0, 0.1) is 6.92 Å². The third-order valence-corrected chi connectivity index (χ3v) is 3.69. The van der Waals surface area contributed by atoms with E-state index in [2.05, 4.69) is 41.6 Å². The maximum absolute atomic E-state index is 8.78. The highest BCUT2D eigenvalue weighted by atomic mass is 32.1. The normalized spacial score (nSPS) is 10.7. The third-order valence-electron chi connectivity index (χ3n) is 2.79. The molecule has 0 spiro atoms. The molecule has 0 aliphatic heterocycles. The highest BCUT2D eigenvalue weighted by Gasteiger charge is 2.04. The summed E-state index contributed by atoms with van der Waals surface area (Å²) in [7, 11) is 0. The predicted octanol–water partition coefficient (Wildman–Crippen LogP) is 2.97. The number of nitrogens with zero attached hydrogens (tertiary/aromatic N) is 1. The second-order valence-electron chi connectivity index (χ2n) is 4.16. The lowest BCUT2D eigenvalue weighted by Gasteiger charge is -2.02. The average molecular weight is 247 g/mol. The second-order valence-corrected chi connectivity index (χ2v) is 5.11. The van der Waals surface area contributed by atoms with Gasteiger partial charge in [0.2, 0.25) is 0 Å². The summed E-state index contributed by atoms with van der Waals surface area (Å²) in [6.07, 6.45) is 2.59. The van der Waals surface area contributed by atoms with Crippen LogP contribution in [0.25, 0.3) is 0 Å². The fourth-order valence-corrected chi connectivity index (χ4v) is 2.63. The smallest absolute Gasteiger partial charge is 0.0972 e. The molecule has 1 aromatic carbocycles. The van der Waals surface area contributed by atoms with E-state index in [1.165, 1.54) is 11.1 Å². The predicted molar refractivity (Wildman–Crippen MR) is 71.5 cm³/mol. The van der Waals surface area contributed by atoms with E-state index in [0.717, 1.165) is 30.0 Å². The van der Waals surface area contributed by atoms with Crippen molar-refractivity contribution in [3.8, 4) is 0 Å². The number of aliphatic hydroxyl groups excluding tert-OH is 1. The fourth-order valence-electron chi connectivity index (χ4n) is 1.78. The van der Waals surface area contributed by atoms with E-state index in [0.29, 0.717) is 0 Å². The van der Waals surface area contributed by atoms with Gasteiger partial charge in [-0.05, 0) is 30.9 Å². The number of aliphatic hydroxyl groups is 1. The second kappa shape index (κ2) is 5.94. The Morgan fingerprint density at radius 3 is 2.88 bits per heavy atom. The molecule has 0 fully saturated rings. The summed E-state index contributed by atoms with van der Waals surface area (Å²) in [5.74, 6) is 0. The number of aryl methyl sites for hydroxylation is 2. The van der Waals surface area contributed by atoms with Crippen LogP contribution in [0.4, 0.5) is 0 Å². The standard InChI is InChI=1S/C14H17NOS/c1-11-5-2-3-6-12(11)9-14-15-13(10-17-14)7-4-8-16/h2-3,5-6,10,16H,4,7-9H2,1H3. The first-order valence-electron chi connectivity index (χ1n) is 5.88. The van der Waals surface area contributed by atoms with E-state index < -0.39 is 0 Å². The number of benzene rings is 1. The molecule has 1 N–H and O–H groups in total. The van der Waals surface area contributed by atoms with Gasteiger partial charge in [-0.15, -0.1) is 11.3 Å². The van der Waals surface area contributed by atoms with Crippen LogP contribution in [0.5, 0.6) is 0 Å². The zero-order chi connectivity index (χ0) is 12.1. The molecule has 0 saturated heterocycles. The van der Waals surface area contributed by atoms with E-state index in [1.54, 1.807) is 11.3 Å². The van der Waals surface area contributed by atoms with Crippen LogP contribution in [0.3, 0.4) is 0 Å². The molecule has 0 saturated carbocycles. The van der Waals surface area contributed by atoms with Gasteiger partial charge in [0, 0.05) is 18.4 Å². The number of thiazole rings is 1. The number of hydrogen-bond acceptors (Lipinski definition) is 3. The molecular weight excluding hydrogens is 230 g/mol. The minimum absolute atomic E-state index is 0.241. The molecule has 0 radical (unpaired) electrons. The quantitative estimate of drug-likeness (QED) is 0.881. The van der Waals surface area contributed by atoms with Crippen molar-refractivity contribution in [3.05, 3.63) is 51.5 Å². The maximum Gasteiger partial charge on any atom is 0.0972 e. The van der Waals surface area contributed by atoms with E-state index in [4.69, 9.17) is 5.11 Å². The zero-order valence-electron chi connectivity index (χ0n) is 10.0. The van der Waals surface area contributed by atoms with Gasteiger partial charge in [0.25, 0.3) is 0 Å². The van der Waals surface area contributed by atoms with Crippen molar-refractivity contribution in [1.82, 2.24) is 4.98 Å². The van der Waals surface area contributed by atoms with Crippen LogP contribution in [0.1, 0.15) is 28.2 Å². The summed E-state index contributed by atoms with van der Waals surface area (Å²) in [4.78, 5) is 4.59. The van der Waals surface area contributed by atoms with Crippen LogP contribution in [0.2, 0.25) is 0 Å². The minimum atomic E-state index is 0.241. The van der Waals surface area contributed by atoms with Gasteiger partial charge in [0.15, 0.2) is 0 Å². The summed E-state index contributed by atoms with van der Waals surface area (Å²) in [6.45, 7) is 2.38. The van der Waals surface area contributed by atoms with Crippen LogP contribution >= 0.6 is 11.3 Å². The molecule has 0 amide bonds. The average Bonchev–Trinajstić information content (AvgIpc) is 2.77. The maximum atomic E-state index is 8.78. The molecule has 17 heavy (non-hydrogen) atoms. The summed E-state index contributed by atoms with van der Waals surface area (Å²) < 4.78 is 0. The van der Waals surface area contributed by atoms with Crippen molar-refractivity contribution in [2.24, 2.45) is 0 Å². The molecule has 0 unspecified atom stereocenters. The molecule has 90 valence electrons. The van der Waals surface area contributed by atoms with E-state index >= 15 is 0 Å². The van der Waals surface area contributed by atoms with Gasteiger partial charge in [0.1, 0.15) is 0 Å². The first kappa shape index (κ1) is 12.3. The molecule has 0 bridgehead atoms. The van der Waals surface area contributed by atoms with Crippen LogP contribution in [0.15, 0.2) is 29.6 Å². The molecule has 0 aliphatic rings. The first-order valence-corrected chi connectivity index (χ1v) is 6.76. The molecule has 3 heteroatoms. The lowest BCUT2D eigenvalue weighted by molar-refractivity contribution is 0.288. The largest absolute Gasteiger partial charge is 0.396 e. The topological polar surface area (TPSA) is 33.1 Å². The van der Waals surface area contributed by atoms with Crippen LogP contribution < -0.4 is 0 Å². The van der Waals surface area contributed by atoms with Crippen molar-refractivity contribution < 1.29 is 5.11 Å². The SMILES string of the molecule is Cc1ccccc1Cc1nc(CCCO)cs1. The molecule has 2 aromatic rings. The van der Waals surface area contributed by atoms with Gasteiger partial charge in [-0.3, -0.25) is 0 Å². The fraction of sp³-hybridized carbons (Fsp3) is 0.357. The van der Waals surface area contributed by atoms with Crippen molar-refractivity contribution in [2.45, 2.75) is 26.2 Å².